The summed E-state index contributed by atoms with van der Waals surface area (Å²) in [6.45, 7) is 1.02. The molecule has 1 heterocycles. The maximum absolute atomic E-state index is 4.30. The van der Waals surface area contributed by atoms with Gasteiger partial charge in [0.2, 0.25) is 0 Å². The van der Waals surface area contributed by atoms with E-state index in [9.17, 15) is 0 Å². The topological polar surface area (TPSA) is 24.9 Å². The van der Waals surface area contributed by atoms with Gasteiger partial charge >= 0.3 is 0 Å². The second-order valence-electron chi connectivity index (χ2n) is 3.75. The van der Waals surface area contributed by atoms with Gasteiger partial charge in [0.15, 0.2) is 0 Å². The van der Waals surface area contributed by atoms with Crippen molar-refractivity contribution in [2.24, 2.45) is 0 Å². The molecular weight excluding hydrogens is 196 g/mol. The molecule has 2 aromatic rings. The molecule has 0 aliphatic carbocycles. The Morgan fingerprint density at radius 2 is 2.25 bits per heavy atom. The summed E-state index contributed by atoms with van der Waals surface area (Å²) in [4.78, 5) is 4.30. The molecule has 1 aromatic heterocycles. The summed E-state index contributed by atoms with van der Waals surface area (Å²) in [5.74, 6) is 0. The maximum atomic E-state index is 4.30. The highest BCUT2D eigenvalue weighted by atomic mass is 14.8. The zero-order valence-corrected chi connectivity index (χ0v) is 9.48. The molecule has 82 valence electrons. The molecule has 0 radical (unpaired) electrons. The van der Waals surface area contributed by atoms with Crippen molar-refractivity contribution in [2.75, 3.05) is 13.6 Å². The first-order valence-corrected chi connectivity index (χ1v) is 5.56. The van der Waals surface area contributed by atoms with Crippen LogP contribution >= 0.6 is 0 Å². The van der Waals surface area contributed by atoms with Crippen molar-refractivity contribution in [3.05, 3.63) is 48.2 Å². The summed E-state index contributed by atoms with van der Waals surface area (Å²) >= 11 is 0. The predicted octanol–water partition coefficient (Wildman–Crippen LogP) is 2.86. The van der Waals surface area contributed by atoms with E-state index in [-0.39, 0.29) is 0 Å². The number of hydrogen-bond donors (Lipinski definition) is 1. The molecule has 2 heteroatoms. The normalized spacial score (nSPS) is 11.3. The molecular formula is C14H16N2. The third kappa shape index (κ3) is 2.67. The number of nitrogens with one attached hydrogen (secondary N) is 1. The molecule has 2 nitrogen and oxygen atoms in total. The van der Waals surface area contributed by atoms with Crippen molar-refractivity contribution >= 4 is 17.0 Å². The first-order chi connectivity index (χ1) is 7.90. The molecule has 0 saturated carbocycles. The molecule has 0 fully saturated rings. The quantitative estimate of drug-likeness (QED) is 0.788. The highest BCUT2D eigenvalue weighted by molar-refractivity contribution is 5.80. The van der Waals surface area contributed by atoms with Crippen LogP contribution in [0.5, 0.6) is 0 Å². The molecule has 16 heavy (non-hydrogen) atoms. The molecule has 2 rings (SSSR count). The second-order valence-corrected chi connectivity index (χ2v) is 3.75. The Balaban J connectivity index is 2.16. The fourth-order valence-electron chi connectivity index (χ4n) is 1.64. The molecule has 0 amide bonds. The lowest BCUT2D eigenvalue weighted by molar-refractivity contribution is 0.809. The molecule has 0 bridgehead atoms. The van der Waals surface area contributed by atoms with E-state index in [1.165, 1.54) is 10.9 Å². The van der Waals surface area contributed by atoms with Crippen molar-refractivity contribution in [3.63, 3.8) is 0 Å². The summed E-state index contributed by atoms with van der Waals surface area (Å²) in [6.07, 6.45) is 7.23. The van der Waals surface area contributed by atoms with Crippen LogP contribution in [-0.4, -0.2) is 18.6 Å². The van der Waals surface area contributed by atoms with Crippen LogP contribution in [0.4, 0.5) is 0 Å². The van der Waals surface area contributed by atoms with Gasteiger partial charge in [-0.15, -0.1) is 0 Å². The number of fused-ring (bicyclic) bond motifs is 1. The van der Waals surface area contributed by atoms with Gasteiger partial charge in [-0.3, -0.25) is 4.98 Å². The molecule has 0 saturated heterocycles. The maximum Gasteiger partial charge on any atom is 0.0702 e. The first-order valence-electron chi connectivity index (χ1n) is 5.56. The fraction of sp³-hybridized carbons (Fsp3) is 0.214. The van der Waals surface area contributed by atoms with Gasteiger partial charge in [-0.1, -0.05) is 24.3 Å². The van der Waals surface area contributed by atoms with Crippen molar-refractivity contribution in [1.82, 2.24) is 10.3 Å². The lowest BCUT2D eigenvalue weighted by Crippen LogP contribution is -2.05. The van der Waals surface area contributed by atoms with Crippen LogP contribution in [0.15, 0.2) is 42.6 Å². The summed E-state index contributed by atoms with van der Waals surface area (Å²) in [5, 5.41) is 4.32. The van der Waals surface area contributed by atoms with E-state index in [1.807, 2.05) is 19.3 Å². The number of benzene rings is 1. The SMILES string of the molecule is CNCC/C=C/c1ccc2ncccc2c1. The summed E-state index contributed by atoms with van der Waals surface area (Å²) in [6, 6.07) is 10.4. The van der Waals surface area contributed by atoms with Crippen molar-refractivity contribution in [2.45, 2.75) is 6.42 Å². The standard InChI is InChI=1S/C14H16N2/c1-15-9-3-2-5-12-7-8-14-13(11-12)6-4-10-16-14/h2,4-8,10-11,15H,3,9H2,1H3/b5-2+. The largest absolute Gasteiger partial charge is 0.319 e. The molecule has 0 spiro atoms. The zero-order chi connectivity index (χ0) is 11.2. The van der Waals surface area contributed by atoms with Gasteiger partial charge in [0.25, 0.3) is 0 Å². The minimum atomic E-state index is 1.02. The third-order valence-electron chi connectivity index (χ3n) is 2.50. The van der Waals surface area contributed by atoms with Gasteiger partial charge in [-0.05, 0) is 43.8 Å². The number of aromatic nitrogens is 1. The lowest BCUT2D eigenvalue weighted by Gasteiger charge is -1.98. The van der Waals surface area contributed by atoms with E-state index in [4.69, 9.17) is 0 Å². The van der Waals surface area contributed by atoms with Gasteiger partial charge in [0.1, 0.15) is 0 Å². The van der Waals surface area contributed by atoms with Crippen LogP contribution in [0.3, 0.4) is 0 Å². The summed E-state index contributed by atoms with van der Waals surface area (Å²) < 4.78 is 0. The molecule has 0 aliphatic rings. The molecule has 1 aromatic carbocycles. The minimum absolute atomic E-state index is 1.02. The summed E-state index contributed by atoms with van der Waals surface area (Å²) in [5.41, 5.74) is 2.28. The molecule has 0 aliphatic heterocycles. The predicted molar refractivity (Wildman–Crippen MR) is 69.3 cm³/mol. The van der Waals surface area contributed by atoms with E-state index in [0.717, 1.165) is 18.5 Å². The average molecular weight is 212 g/mol. The number of pyridine rings is 1. The lowest BCUT2D eigenvalue weighted by atomic mass is 10.1. The van der Waals surface area contributed by atoms with Gasteiger partial charge in [0.05, 0.1) is 5.52 Å². The van der Waals surface area contributed by atoms with Gasteiger partial charge in [-0.2, -0.15) is 0 Å². The van der Waals surface area contributed by atoms with Crippen LogP contribution in [0.2, 0.25) is 0 Å². The van der Waals surface area contributed by atoms with Gasteiger partial charge in [0, 0.05) is 11.6 Å². The fourth-order valence-corrected chi connectivity index (χ4v) is 1.64. The van der Waals surface area contributed by atoms with Crippen LogP contribution in [0.25, 0.3) is 17.0 Å². The van der Waals surface area contributed by atoms with Crippen molar-refractivity contribution < 1.29 is 0 Å². The Hall–Kier alpha value is -1.67. The third-order valence-corrected chi connectivity index (χ3v) is 2.50. The van der Waals surface area contributed by atoms with Gasteiger partial charge in [-0.25, -0.2) is 0 Å². The van der Waals surface area contributed by atoms with Crippen molar-refractivity contribution in [1.29, 1.82) is 0 Å². The number of rotatable bonds is 4. The minimum Gasteiger partial charge on any atom is -0.319 e. The van der Waals surface area contributed by atoms with Crippen LogP contribution in [0, 0.1) is 0 Å². The monoisotopic (exact) mass is 212 g/mol. The molecule has 0 unspecified atom stereocenters. The van der Waals surface area contributed by atoms with E-state index in [1.54, 1.807) is 0 Å². The summed E-state index contributed by atoms with van der Waals surface area (Å²) in [7, 11) is 1.97. The van der Waals surface area contributed by atoms with E-state index < -0.39 is 0 Å². The number of nitrogens with zero attached hydrogens (tertiary/aromatic N) is 1. The Morgan fingerprint density at radius 1 is 1.31 bits per heavy atom. The van der Waals surface area contributed by atoms with E-state index in [0.29, 0.717) is 0 Å². The second kappa shape index (κ2) is 5.42. The van der Waals surface area contributed by atoms with Gasteiger partial charge < -0.3 is 5.32 Å². The highest BCUT2D eigenvalue weighted by Crippen LogP contribution is 2.14. The van der Waals surface area contributed by atoms with Crippen LogP contribution in [0.1, 0.15) is 12.0 Å². The van der Waals surface area contributed by atoms with E-state index in [2.05, 4.69) is 46.7 Å². The molecule has 0 atom stereocenters. The first kappa shape index (κ1) is 10.8. The number of hydrogen-bond acceptors (Lipinski definition) is 2. The van der Waals surface area contributed by atoms with Crippen molar-refractivity contribution in [3.8, 4) is 0 Å². The Morgan fingerprint density at radius 3 is 3.12 bits per heavy atom. The average Bonchev–Trinajstić information content (AvgIpc) is 2.34. The van der Waals surface area contributed by atoms with Crippen LogP contribution < -0.4 is 5.32 Å². The Labute approximate surface area is 96.0 Å². The van der Waals surface area contributed by atoms with Crippen LogP contribution in [-0.2, 0) is 0 Å². The Bertz CT molecular complexity index is 489. The zero-order valence-electron chi connectivity index (χ0n) is 9.48. The highest BCUT2D eigenvalue weighted by Gasteiger charge is 1.93. The Kier molecular flexibility index (Phi) is 3.67. The molecule has 1 N–H and O–H groups in total. The van der Waals surface area contributed by atoms with E-state index >= 15 is 0 Å². The smallest absolute Gasteiger partial charge is 0.0702 e.